The van der Waals surface area contributed by atoms with Gasteiger partial charge in [-0.05, 0) is 17.7 Å². The van der Waals surface area contributed by atoms with Gasteiger partial charge in [0.05, 0.1) is 12.1 Å². The summed E-state index contributed by atoms with van der Waals surface area (Å²) in [5.41, 5.74) is 1.61. The van der Waals surface area contributed by atoms with Gasteiger partial charge in [-0.3, -0.25) is 9.59 Å². The Hall–Kier alpha value is -3.48. The number of benzene rings is 1. The van der Waals surface area contributed by atoms with Crippen molar-refractivity contribution in [3.63, 3.8) is 0 Å². The number of anilines is 1. The molecule has 3 rings (SSSR count). The summed E-state index contributed by atoms with van der Waals surface area (Å²) < 4.78 is 1.63. The highest BCUT2D eigenvalue weighted by molar-refractivity contribution is 5.90. The molecule has 2 amide bonds. The number of carbonyl (C=O) groups is 2. The van der Waals surface area contributed by atoms with E-state index in [0.717, 1.165) is 11.3 Å². The van der Waals surface area contributed by atoms with Crippen LogP contribution in [0.15, 0.2) is 60.8 Å². The molecule has 2 N–H and O–H groups in total. The van der Waals surface area contributed by atoms with Crippen LogP contribution in [0.4, 0.5) is 5.82 Å². The molecule has 0 aliphatic heterocycles. The normalized spacial score (nSPS) is 11.2. The zero-order valence-corrected chi connectivity index (χ0v) is 17.6. The summed E-state index contributed by atoms with van der Waals surface area (Å²) in [5, 5.41) is 10.3. The molecule has 0 bridgehead atoms. The molecule has 0 radical (unpaired) electrons. The SMILES string of the molecule is CC(C)(C)c1cc(NC(=O)CCNC(=O)Cc2ccccc2)n(-c2ccccn2)n1. The van der Waals surface area contributed by atoms with Crippen molar-refractivity contribution >= 4 is 17.6 Å². The molecule has 30 heavy (non-hydrogen) atoms. The van der Waals surface area contributed by atoms with Crippen LogP contribution in [0.25, 0.3) is 5.82 Å². The highest BCUT2D eigenvalue weighted by Gasteiger charge is 2.21. The fourth-order valence-corrected chi connectivity index (χ4v) is 2.85. The zero-order valence-electron chi connectivity index (χ0n) is 17.6. The van der Waals surface area contributed by atoms with Crippen molar-refractivity contribution in [2.24, 2.45) is 0 Å². The fraction of sp³-hybridized carbons (Fsp3) is 0.304. The Morgan fingerprint density at radius 2 is 1.73 bits per heavy atom. The van der Waals surface area contributed by atoms with E-state index >= 15 is 0 Å². The van der Waals surface area contributed by atoms with Crippen molar-refractivity contribution < 1.29 is 9.59 Å². The summed E-state index contributed by atoms with van der Waals surface area (Å²) in [4.78, 5) is 28.8. The van der Waals surface area contributed by atoms with E-state index in [4.69, 9.17) is 0 Å². The maximum Gasteiger partial charge on any atom is 0.227 e. The minimum Gasteiger partial charge on any atom is -0.355 e. The number of amides is 2. The summed E-state index contributed by atoms with van der Waals surface area (Å²) in [6.45, 7) is 6.45. The third-order valence-electron chi connectivity index (χ3n) is 4.49. The molecule has 0 spiro atoms. The van der Waals surface area contributed by atoms with Crippen molar-refractivity contribution in [2.45, 2.75) is 39.0 Å². The smallest absolute Gasteiger partial charge is 0.227 e. The molecule has 0 fully saturated rings. The first-order valence-electron chi connectivity index (χ1n) is 9.95. The summed E-state index contributed by atoms with van der Waals surface area (Å²) in [7, 11) is 0. The molecule has 0 saturated heterocycles. The second-order valence-corrected chi connectivity index (χ2v) is 8.08. The van der Waals surface area contributed by atoms with Gasteiger partial charge in [-0.2, -0.15) is 9.78 Å². The average molecular weight is 406 g/mol. The molecule has 7 heteroatoms. The number of hydrogen-bond donors (Lipinski definition) is 2. The molecule has 0 aliphatic rings. The largest absolute Gasteiger partial charge is 0.355 e. The Morgan fingerprint density at radius 3 is 2.40 bits per heavy atom. The highest BCUT2D eigenvalue weighted by Crippen LogP contribution is 2.25. The van der Waals surface area contributed by atoms with Crippen molar-refractivity contribution in [2.75, 3.05) is 11.9 Å². The van der Waals surface area contributed by atoms with E-state index in [1.165, 1.54) is 0 Å². The van der Waals surface area contributed by atoms with E-state index in [0.29, 0.717) is 18.1 Å². The highest BCUT2D eigenvalue weighted by atomic mass is 16.2. The van der Waals surface area contributed by atoms with Gasteiger partial charge in [0.2, 0.25) is 11.8 Å². The number of nitrogens with one attached hydrogen (secondary N) is 2. The van der Waals surface area contributed by atoms with Crippen molar-refractivity contribution in [3.05, 3.63) is 72.1 Å². The van der Waals surface area contributed by atoms with Crippen molar-refractivity contribution in [3.8, 4) is 5.82 Å². The van der Waals surface area contributed by atoms with Crippen LogP contribution in [0.2, 0.25) is 0 Å². The van der Waals surface area contributed by atoms with Gasteiger partial charge in [-0.1, -0.05) is 57.2 Å². The molecular weight excluding hydrogens is 378 g/mol. The second-order valence-electron chi connectivity index (χ2n) is 8.08. The van der Waals surface area contributed by atoms with E-state index in [1.54, 1.807) is 10.9 Å². The lowest BCUT2D eigenvalue weighted by Crippen LogP contribution is -2.29. The summed E-state index contributed by atoms with van der Waals surface area (Å²) in [5.74, 6) is 0.869. The van der Waals surface area contributed by atoms with Gasteiger partial charge >= 0.3 is 0 Å². The Bertz CT molecular complexity index is 991. The van der Waals surface area contributed by atoms with Crippen LogP contribution in [0.1, 0.15) is 38.4 Å². The van der Waals surface area contributed by atoms with Gasteiger partial charge in [0.15, 0.2) is 5.82 Å². The van der Waals surface area contributed by atoms with Crippen LogP contribution >= 0.6 is 0 Å². The maximum absolute atomic E-state index is 12.5. The first-order valence-corrected chi connectivity index (χ1v) is 9.95. The van der Waals surface area contributed by atoms with Crippen LogP contribution in [0.5, 0.6) is 0 Å². The third kappa shape index (κ3) is 5.76. The minimum atomic E-state index is -0.201. The molecule has 1 aromatic carbocycles. The first-order chi connectivity index (χ1) is 14.3. The number of pyridine rings is 1. The summed E-state index contributed by atoms with van der Waals surface area (Å²) >= 11 is 0. The molecule has 2 heterocycles. The van der Waals surface area contributed by atoms with Crippen LogP contribution in [-0.2, 0) is 21.4 Å². The number of rotatable bonds is 7. The second kappa shape index (κ2) is 9.35. The van der Waals surface area contributed by atoms with Gasteiger partial charge < -0.3 is 10.6 Å². The van der Waals surface area contributed by atoms with E-state index < -0.39 is 0 Å². The molecule has 156 valence electrons. The monoisotopic (exact) mass is 405 g/mol. The van der Waals surface area contributed by atoms with Crippen LogP contribution in [0, 0.1) is 0 Å². The topological polar surface area (TPSA) is 88.9 Å². The number of hydrogen-bond acceptors (Lipinski definition) is 4. The fourth-order valence-electron chi connectivity index (χ4n) is 2.85. The maximum atomic E-state index is 12.5. The van der Waals surface area contributed by atoms with Crippen molar-refractivity contribution in [1.29, 1.82) is 0 Å². The van der Waals surface area contributed by atoms with E-state index in [-0.39, 0.29) is 30.2 Å². The minimum absolute atomic E-state index is 0.109. The summed E-state index contributed by atoms with van der Waals surface area (Å²) in [6, 6.07) is 16.9. The Kier molecular flexibility index (Phi) is 6.61. The molecule has 0 aliphatic carbocycles. The molecule has 7 nitrogen and oxygen atoms in total. The molecule has 2 aromatic heterocycles. The standard InChI is InChI=1S/C23H27N5O2/c1-23(2,3)18-16-20(28(27-18)19-11-7-8-13-24-19)26-21(29)12-14-25-22(30)15-17-9-5-4-6-10-17/h4-11,13,16H,12,14-15H2,1-3H3,(H,25,30)(H,26,29). The van der Waals surface area contributed by atoms with E-state index in [1.807, 2.05) is 54.6 Å². The Labute approximate surface area is 176 Å². The van der Waals surface area contributed by atoms with Crippen LogP contribution in [0.3, 0.4) is 0 Å². The predicted molar refractivity (Wildman–Crippen MR) is 116 cm³/mol. The van der Waals surface area contributed by atoms with Gasteiger partial charge in [0, 0.05) is 30.6 Å². The zero-order chi connectivity index (χ0) is 21.6. The molecule has 0 saturated carbocycles. The van der Waals surface area contributed by atoms with E-state index in [9.17, 15) is 9.59 Å². The van der Waals surface area contributed by atoms with Gasteiger partial charge in [-0.25, -0.2) is 4.98 Å². The number of aromatic nitrogens is 3. The van der Waals surface area contributed by atoms with Crippen molar-refractivity contribution in [1.82, 2.24) is 20.1 Å². The van der Waals surface area contributed by atoms with Gasteiger partial charge in [0.25, 0.3) is 0 Å². The number of nitrogens with zero attached hydrogens (tertiary/aromatic N) is 3. The molecule has 0 atom stereocenters. The molecule has 0 unspecified atom stereocenters. The first kappa shape index (κ1) is 21.2. The van der Waals surface area contributed by atoms with Crippen LogP contribution in [-0.4, -0.2) is 33.1 Å². The average Bonchev–Trinajstić information content (AvgIpc) is 3.13. The molecule has 3 aromatic rings. The third-order valence-corrected chi connectivity index (χ3v) is 4.49. The van der Waals surface area contributed by atoms with Gasteiger partial charge in [0.1, 0.15) is 5.82 Å². The lowest BCUT2D eigenvalue weighted by Gasteiger charge is -2.13. The van der Waals surface area contributed by atoms with E-state index in [2.05, 4.69) is 41.5 Å². The van der Waals surface area contributed by atoms with Crippen LogP contribution < -0.4 is 10.6 Å². The predicted octanol–water partition coefficient (Wildman–Crippen LogP) is 3.25. The Morgan fingerprint density at radius 1 is 1.00 bits per heavy atom. The quantitative estimate of drug-likeness (QED) is 0.631. The Balaban J connectivity index is 1.60. The lowest BCUT2D eigenvalue weighted by atomic mass is 9.92. The number of carbonyl (C=O) groups excluding carboxylic acids is 2. The summed E-state index contributed by atoms with van der Waals surface area (Å²) in [6.07, 6.45) is 2.14. The lowest BCUT2D eigenvalue weighted by molar-refractivity contribution is -0.120. The van der Waals surface area contributed by atoms with Gasteiger partial charge in [-0.15, -0.1) is 0 Å². The molecular formula is C23H27N5O2.